The Balaban J connectivity index is 3.84. The molecule has 0 spiro atoms. The van der Waals surface area contributed by atoms with Crippen molar-refractivity contribution in [1.82, 2.24) is 0 Å². The number of rotatable bonds is 10. The zero-order valence-corrected chi connectivity index (χ0v) is 10.8. The molecule has 1 atom stereocenters. The van der Waals surface area contributed by atoms with E-state index in [9.17, 15) is 4.79 Å². The van der Waals surface area contributed by atoms with Crippen LogP contribution in [0.1, 0.15) is 58.8 Å². The fraction of sp³-hybridized carbons (Fsp3) is 0.923. The molecule has 0 heterocycles. The third-order valence-electron chi connectivity index (χ3n) is 2.78. The molecule has 0 aromatic heterocycles. The highest BCUT2D eigenvalue weighted by atomic mass is 16.5. The van der Waals surface area contributed by atoms with Crippen molar-refractivity contribution in [2.75, 3.05) is 13.2 Å². The summed E-state index contributed by atoms with van der Waals surface area (Å²) in [4.78, 5) is 11.7. The van der Waals surface area contributed by atoms with Gasteiger partial charge in [-0.3, -0.25) is 4.79 Å². The second-order valence-corrected chi connectivity index (χ2v) is 4.23. The van der Waals surface area contributed by atoms with Crippen molar-refractivity contribution >= 4 is 5.97 Å². The monoisotopic (exact) mass is 229 g/mol. The second-order valence-electron chi connectivity index (χ2n) is 4.23. The summed E-state index contributed by atoms with van der Waals surface area (Å²) >= 11 is 0. The predicted molar refractivity (Wildman–Crippen MR) is 67.2 cm³/mol. The van der Waals surface area contributed by atoms with Gasteiger partial charge in [0.05, 0.1) is 12.5 Å². The standard InChI is InChI=1S/C13H27NO2/c1-3-5-9-12(13(15)16-4-2)10-7-6-8-11-14/h12H,3-11,14H2,1-2H3. The highest BCUT2D eigenvalue weighted by Gasteiger charge is 2.18. The molecule has 0 saturated heterocycles. The Kier molecular flexibility index (Phi) is 10.5. The van der Waals surface area contributed by atoms with Crippen LogP contribution < -0.4 is 5.73 Å². The summed E-state index contributed by atoms with van der Waals surface area (Å²) in [5.41, 5.74) is 5.44. The van der Waals surface area contributed by atoms with Gasteiger partial charge in [0.25, 0.3) is 0 Å². The van der Waals surface area contributed by atoms with E-state index >= 15 is 0 Å². The Morgan fingerprint density at radius 3 is 2.38 bits per heavy atom. The molecule has 0 rings (SSSR count). The van der Waals surface area contributed by atoms with Gasteiger partial charge in [-0.25, -0.2) is 0 Å². The molecule has 2 N–H and O–H groups in total. The lowest BCUT2D eigenvalue weighted by Crippen LogP contribution is -2.18. The van der Waals surface area contributed by atoms with Crippen LogP contribution in [0.15, 0.2) is 0 Å². The molecule has 0 saturated carbocycles. The maximum absolute atomic E-state index is 11.7. The third kappa shape index (κ3) is 7.69. The van der Waals surface area contributed by atoms with Gasteiger partial charge in [-0.15, -0.1) is 0 Å². The quantitative estimate of drug-likeness (QED) is 0.463. The van der Waals surface area contributed by atoms with Crippen LogP contribution in [-0.2, 0) is 9.53 Å². The smallest absolute Gasteiger partial charge is 0.308 e. The highest BCUT2D eigenvalue weighted by molar-refractivity contribution is 5.72. The molecule has 1 unspecified atom stereocenters. The zero-order chi connectivity index (χ0) is 12.2. The summed E-state index contributed by atoms with van der Waals surface area (Å²) in [6.07, 6.45) is 7.45. The van der Waals surface area contributed by atoms with E-state index < -0.39 is 0 Å². The summed E-state index contributed by atoms with van der Waals surface area (Å²) in [5, 5.41) is 0. The predicted octanol–water partition coefficient (Wildman–Crippen LogP) is 2.88. The van der Waals surface area contributed by atoms with Crippen molar-refractivity contribution in [2.45, 2.75) is 58.8 Å². The summed E-state index contributed by atoms with van der Waals surface area (Å²) in [5.74, 6) is 0.0985. The Morgan fingerprint density at radius 1 is 1.12 bits per heavy atom. The molecule has 0 aromatic rings. The molecule has 0 aliphatic heterocycles. The van der Waals surface area contributed by atoms with Crippen molar-refractivity contribution < 1.29 is 9.53 Å². The molecule has 0 radical (unpaired) electrons. The Bertz CT molecular complexity index is 171. The second kappa shape index (κ2) is 10.9. The molecule has 0 amide bonds. The minimum Gasteiger partial charge on any atom is -0.466 e. The summed E-state index contributed by atoms with van der Waals surface area (Å²) < 4.78 is 5.09. The first-order valence-electron chi connectivity index (χ1n) is 6.62. The van der Waals surface area contributed by atoms with E-state index in [0.717, 1.165) is 51.5 Å². The van der Waals surface area contributed by atoms with E-state index in [1.54, 1.807) is 0 Å². The Morgan fingerprint density at radius 2 is 1.81 bits per heavy atom. The van der Waals surface area contributed by atoms with Crippen LogP contribution in [0.2, 0.25) is 0 Å². The number of carbonyl (C=O) groups is 1. The van der Waals surface area contributed by atoms with E-state index in [1.165, 1.54) is 0 Å². The number of ether oxygens (including phenoxy) is 1. The average molecular weight is 229 g/mol. The van der Waals surface area contributed by atoms with Crippen LogP contribution in [0.5, 0.6) is 0 Å². The lowest BCUT2D eigenvalue weighted by molar-refractivity contribution is -0.148. The minimum absolute atomic E-state index is 0.0105. The third-order valence-corrected chi connectivity index (χ3v) is 2.78. The van der Waals surface area contributed by atoms with Crippen molar-refractivity contribution in [3.8, 4) is 0 Å². The van der Waals surface area contributed by atoms with E-state index in [4.69, 9.17) is 10.5 Å². The first-order valence-corrected chi connectivity index (χ1v) is 6.62. The van der Waals surface area contributed by atoms with Crippen LogP contribution in [-0.4, -0.2) is 19.1 Å². The van der Waals surface area contributed by atoms with Crippen LogP contribution in [0.3, 0.4) is 0 Å². The molecule has 0 aliphatic carbocycles. The molecule has 3 heteroatoms. The van der Waals surface area contributed by atoms with E-state index in [0.29, 0.717) is 6.61 Å². The molecule has 0 aromatic carbocycles. The van der Waals surface area contributed by atoms with Crippen molar-refractivity contribution in [1.29, 1.82) is 0 Å². The van der Waals surface area contributed by atoms with Crippen molar-refractivity contribution in [2.24, 2.45) is 11.7 Å². The Hall–Kier alpha value is -0.570. The van der Waals surface area contributed by atoms with Crippen LogP contribution in [0, 0.1) is 5.92 Å². The summed E-state index contributed by atoms with van der Waals surface area (Å²) in [6.45, 7) is 5.25. The van der Waals surface area contributed by atoms with Gasteiger partial charge in [0.1, 0.15) is 0 Å². The van der Waals surface area contributed by atoms with E-state index in [1.807, 2.05) is 6.92 Å². The largest absolute Gasteiger partial charge is 0.466 e. The topological polar surface area (TPSA) is 52.3 Å². The van der Waals surface area contributed by atoms with Crippen LogP contribution in [0.4, 0.5) is 0 Å². The van der Waals surface area contributed by atoms with Gasteiger partial charge in [0, 0.05) is 0 Å². The minimum atomic E-state index is -0.0105. The van der Waals surface area contributed by atoms with Gasteiger partial charge in [0.15, 0.2) is 0 Å². The first kappa shape index (κ1) is 15.4. The number of nitrogens with two attached hydrogens (primary N) is 1. The van der Waals surface area contributed by atoms with Gasteiger partial charge >= 0.3 is 5.97 Å². The molecule has 0 bridgehead atoms. The number of hydrogen-bond donors (Lipinski definition) is 1. The first-order chi connectivity index (χ1) is 7.76. The van der Waals surface area contributed by atoms with Gasteiger partial charge < -0.3 is 10.5 Å². The number of carbonyl (C=O) groups excluding carboxylic acids is 1. The van der Waals surface area contributed by atoms with E-state index in [-0.39, 0.29) is 11.9 Å². The lowest BCUT2D eigenvalue weighted by Gasteiger charge is -2.14. The number of esters is 1. The fourth-order valence-corrected chi connectivity index (χ4v) is 1.80. The van der Waals surface area contributed by atoms with Gasteiger partial charge in [-0.1, -0.05) is 32.6 Å². The molecule has 3 nitrogen and oxygen atoms in total. The SMILES string of the molecule is CCCCC(CCCCCN)C(=O)OCC. The van der Waals surface area contributed by atoms with Crippen molar-refractivity contribution in [3.63, 3.8) is 0 Å². The highest BCUT2D eigenvalue weighted by Crippen LogP contribution is 2.18. The molecule has 0 aliphatic rings. The maximum atomic E-state index is 11.7. The average Bonchev–Trinajstić information content (AvgIpc) is 2.28. The molecule has 0 fully saturated rings. The van der Waals surface area contributed by atoms with E-state index in [2.05, 4.69) is 6.92 Å². The molecular formula is C13H27NO2. The zero-order valence-electron chi connectivity index (χ0n) is 10.8. The fourth-order valence-electron chi connectivity index (χ4n) is 1.80. The van der Waals surface area contributed by atoms with Crippen molar-refractivity contribution in [3.05, 3.63) is 0 Å². The summed E-state index contributed by atoms with van der Waals surface area (Å²) in [7, 11) is 0. The van der Waals surface area contributed by atoms with Crippen LogP contribution in [0.25, 0.3) is 0 Å². The molecular weight excluding hydrogens is 202 g/mol. The molecule has 96 valence electrons. The Labute approximate surface area is 99.7 Å². The van der Waals surface area contributed by atoms with Gasteiger partial charge in [-0.05, 0) is 32.7 Å². The maximum Gasteiger partial charge on any atom is 0.308 e. The van der Waals surface area contributed by atoms with Crippen LogP contribution >= 0.6 is 0 Å². The van der Waals surface area contributed by atoms with Gasteiger partial charge in [-0.2, -0.15) is 0 Å². The summed E-state index contributed by atoms with van der Waals surface area (Å²) in [6, 6.07) is 0. The molecule has 16 heavy (non-hydrogen) atoms. The normalized spacial score (nSPS) is 12.4. The number of unbranched alkanes of at least 4 members (excludes halogenated alkanes) is 3. The lowest BCUT2D eigenvalue weighted by atomic mass is 9.95. The van der Waals surface area contributed by atoms with Gasteiger partial charge in [0.2, 0.25) is 0 Å². The number of hydrogen-bond acceptors (Lipinski definition) is 3.